The summed E-state index contributed by atoms with van der Waals surface area (Å²) in [6, 6.07) is 4.86. The lowest BCUT2D eigenvalue weighted by Crippen LogP contribution is -2.13. The Labute approximate surface area is 94.7 Å². The molecule has 0 spiro atoms. The number of aromatic amines is 1. The van der Waals surface area contributed by atoms with E-state index in [0.29, 0.717) is 12.5 Å². The number of rotatable bonds is 3. The number of nitrogens with two attached hydrogens (primary N) is 1. The monoisotopic (exact) mass is 220 g/mol. The summed E-state index contributed by atoms with van der Waals surface area (Å²) in [5.74, 6) is 0.231. The largest absolute Gasteiger partial charge is 0.358 e. The van der Waals surface area contributed by atoms with Crippen LogP contribution in [-0.4, -0.2) is 11.5 Å². The second-order valence-corrected chi connectivity index (χ2v) is 4.46. The first kappa shape index (κ1) is 11.1. The molecule has 1 unspecified atom stereocenters. The third-order valence-electron chi connectivity index (χ3n) is 3.04. The molecular formula is C13H17FN2. The summed E-state index contributed by atoms with van der Waals surface area (Å²) >= 11 is 0. The van der Waals surface area contributed by atoms with E-state index in [1.807, 2.05) is 6.92 Å². The van der Waals surface area contributed by atoms with E-state index in [0.717, 1.165) is 23.0 Å². The maximum atomic E-state index is 13.2. The Kier molecular flexibility index (Phi) is 2.97. The van der Waals surface area contributed by atoms with Crippen molar-refractivity contribution in [3.63, 3.8) is 0 Å². The standard InChI is InChI=1S/C13H17FN2/c1-8(7-15)5-11-9(2)16-13-4-3-10(14)6-12(11)13/h3-4,6,8,16H,5,7,15H2,1-2H3. The first-order chi connectivity index (χ1) is 7.61. The van der Waals surface area contributed by atoms with Gasteiger partial charge in [-0.15, -0.1) is 0 Å². The van der Waals surface area contributed by atoms with Gasteiger partial charge in [0.2, 0.25) is 0 Å². The Morgan fingerprint density at radius 2 is 2.19 bits per heavy atom. The summed E-state index contributed by atoms with van der Waals surface area (Å²) in [4.78, 5) is 3.28. The Balaban J connectivity index is 2.50. The number of fused-ring (bicyclic) bond motifs is 1. The Morgan fingerprint density at radius 1 is 1.44 bits per heavy atom. The molecule has 1 heterocycles. The minimum atomic E-state index is -0.187. The van der Waals surface area contributed by atoms with E-state index in [-0.39, 0.29) is 5.82 Å². The van der Waals surface area contributed by atoms with Gasteiger partial charge in [0.05, 0.1) is 0 Å². The lowest BCUT2D eigenvalue weighted by molar-refractivity contribution is 0.593. The predicted molar refractivity (Wildman–Crippen MR) is 64.9 cm³/mol. The van der Waals surface area contributed by atoms with Crippen molar-refractivity contribution >= 4 is 10.9 Å². The fraction of sp³-hybridized carbons (Fsp3) is 0.385. The zero-order valence-corrected chi connectivity index (χ0v) is 9.68. The maximum absolute atomic E-state index is 13.2. The van der Waals surface area contributed by atoms with Crippen LogP contribution in [0.5, 0.6) is 0 Å². The van der Waals surface area contributed by atoms with Crippen LogP contribution in [0.25, 0.3) is 10.9 Å². The minimum Gasteiger partial charge on any atom is -0.358 e. The second-order valence-electron chi connectivity index (χ2n) is 4.46. The highest BCUT2D eigenvalue weighted by Crippen LogP contribution is 2.25. The highest BCUT2D eigenvalue weighted by atomic mass is 19.1. The van der Waals surface area contributed by atoms with Crippen LogP contribution < -0.4 is 5.73 Å². The lowest BCUT2D eigenvalue weighted by atomic mass is 9.99. The molecule has 0 saturated carbocycles. The number of halogens is 1. The molecule has 0 saturated heterocycles. The van der Waals surface area contributed by atoms with Crippen molar-refractivity contribution in [1.29, 1.82) is 0 Å². The molecule has 1 aromatic heterocycles. The van der Waals surface area contributed by atoms with Crippen LogP contribution in [-0.2, 0) is 6.42 Å². The Bertz CT molecular complexity index is 502. The number of H-pyrrole nitrogens is 1. The van der Waals surface area contributed by atoms with Gasteiger partial charge in [-0.25, -0.2) is 4.39 Å². The fourth-order valence-electron chi connectivity index (χ4n) is 2.05. The number of hydrogen-bond acceptors (Lipinski definition) is 1. The van der Waals surface area contributed by atoms with Gasteiger partial charge in [-0.3, -0.25) is 0 Å². The van der Waals surface area contributed by atoms with Gasteiger partial charge in [0.1, 0.15) is 5.82 Å². The van der Waals surface area contributed by atoms with Crippen molar-refractivity contribution < 1.29 is 4.39 Å². The van der Waals surface area contributed by atoms with Crippen LogP contribution in [0.3, 0.4) is 0 Å². The molecule has 0 aliphatic rings. The van der Waals surface area contributed by atoms with Gasteiger partial charge >= 0.3 is 0 Å². The van der Waals surface area contributed by atoms with E-state index < -0.39 is 0 Å². The van der Waals surface area contributed by atoms with E-state index in [2.05, 4.69) is 11.9 Å². The Hall–Kier alpha value is -1.35. The van der Waals surface area contributed by atoms with Crippen LogP contribution in [0.4, 0.5) is 4.39 Å². The molecule has 1 aromatic carbocycles. The highest BCUT2D eigenvalue weighted by Gasteiger charge is 2.11. The first-order valence-electron chi connectivity index (χ1n) is 5.58. The van der Waals surface area contributed by atoms with E-state index >= 15 is 0 Å². The van der Waals surface area contributed by atoms with Crippen LogP contribution >= 0.6 is 0 Å². The summed E-state index contributed by atoms with van der Waals surface area (Å²) in [6.07, 6.45) is 0.895. The second kappa shape index (κ2) is 4.26. The SMILES string of the molecule is Cc1[nH]c2ccc(F)cc2c1CC(C)CN. The molecule has 0 fully saturated rings. The molecule has 86 valence electrons. The smallest absolute Gasteiger partial charge is 0.123 e. The number of aromatic nitrogens is 1. The molecule has 2 aromatic rings. The summed E-state index contributed by atoms with van der Waals surface area (Å²) in [7, 11) is 0. The zero-order chi connectivity index (χ0) is 11.7. The molecule has 2 rings (SSSR count). The lowest BCUT2D eigenvalue weighted by Gasteiger charge is -2.08. The van der Waals surface area contributed by atoms with E-state index in [4.69, 9.17) is 5.73 Å². The van der Waals surface area contributed by atoms with Crippen LogP contribution in [0.2, 0.25) is 0 Å². The fourth-order valence-corrected chi connectivity index (χ4v) is 2.05. The molecule has 3 heteroatoms. The average Bonchev–Trinajstić information content (AvgIpc) is 2.55. The van der Waals surface area contributed by atoms with Crippen molar-refractivity contribution in [3.05, 3.63) is 35.3 Å². The predicted octanol–water partition coefficient (Wildman–Crippen LogP) is 2.75. The molecule has 0 amide bonds. The van der Waals surface area contributed by atoms with E-state index in [9.17, 15) is 4.39 Å². The molecule has 0 radical (unpaired) electrons. The molecule has 1 atom stereocenters. The summed E-state index contributed by atoms with van der Waals surface area (Å²) in [5.41, 5.74) is 8.93. The molecular weight excluding hydrogens is 203 g/mol. The summed E-state index contributed by atoms with van der Waals surface area (Å²) in [5, 5.41) is 0.984. The summed E-state index contributed by atoms with van der Waals surface area (Å²) in [6.45, 7) is 4.79. The van der Waals surface area contributed by atoms with Crippen molar-refractivity contribution in [2.45, 2.75) is 20.3 Å². The number of hydrogen-bond donors (Lipinski definition) is 2. The molecule has 3 N–H and O–H groups in total. The molecule has 0 aliphatic heterocycles. The topological polar surface area (TPSA) is 41.8 Å². The minimum absolute atomic E-state index is 0.187. The van der Waals surface area contributed by atoms with E-state index in [1.54, 1.807) is 12.1 Å². The molecule has 2 nitrogen and oxygen atoms in total. The summed E-state index contributed by atoms with van der Waals surface area (Å²) < 4.78 is 13.2. The van der Waals surface area contributed by atoms with Gasteiger partial charge in [0.25, 0.3) is 0 Å². The highest BCUT2D eigenvalue weighted by molar-refractivity contribution is 5.84. The van der Waals surface area contributed by atoms with E-state index in [1.165, 1.54) is 11.6 Å². The van der Waals surface area contributed by atoms with Crippen molar-refractivity contribution in [2.75, 3.05) is 6.54 Å². The average molecular weight is 220 g/mol. The molecule has 16 heavy (non-hydrogen) atoms. The third kappa shape index (κ3) is 1.95. The van der Waals surface area contributed by atoms with Crippen LogP contribution in [0.15, 0.2) is 18.2 Å². The molecule has 0 aliphatic carbocycles. The molecule has 0 bridgehead atoms. The van der Waals surface area contributed by atoms with Gasteiger partial charge < -0.3 is 10.7 Å². The first-order valence-corrected chi connectivity index (χ1v) is 5.58. The maximum Gasteiger partial charge on any atom is 0.123 e. The van der Waals surface area contributed by atoms with Crippen molar-refractivity contribution in [3.8, 4) is 0 Å². The number of aryl methyl sites for hydroxylation is 1. The van der Waals surface area contributed by atoms with Crippen molar-refractivity contribution in [1.82, 2.24) is 4.98 Å². The van der Waals surface area contributed by atoms with Gasteiger partial charge in [-0.05, 0) is 49.6 Å². The normalized spacial score (nSPS) is 13.2. The van der Waals surface area contributed by atoms with Crippen LogP contribution in [0.1, 0.15) is 18.2 Å². The Morgan fingerprint density at radius 3 is 2.88 bits per heavy atom. The van der Waals surface area contributed by atoms with Gasteiger partial charge in [0.15, 0.2) is 0 Å². The third-order valence-corrected chi connectivity index (χ3v) is 3.04. The van der Waals surface area contributed by atoms with Gasteiger partial charge in [0, 0.05) is 16.6 Å². The van der Waals surface area contributed by atoms with Gasteiger partial charge in [-0.1, -0.05) is 6.92 Å². The number of benzene rings is 1. The number of nitrogens with one attached hydrogen (secondary N) is 1. The van der Waals surface area contributed by atoms with Gasteiger partial charge in [-0.2, -0.15) is 0 Å². The van der Waals surface area contributed by atoms with Crippen LogP contribution in [0, 0.1) is 18.7 Å². The van der Waals surface area contributed by atoms with Crippen molar-refractivity contribution in [2.24, 2.45) is 11.7 Å². The zero-order valence-electron chi connectivity index (χ0n) is 9.68. The quantitative estimate of drug-likeness (QED) is 0.820.